The predicted octanol–water partition coefficient (Wildman–Crippen LogP) is 31.8. The second-order valence-corrected chi connectivity index (χ2v) is 36.8. The van der Waals surface area contributed by atoms with E-state index in [1.807, 2.05) is 255 Å². The number of hydrogen-bond acceptors (Lipinski definition) is 14. The number of aromatic nitrogens is 9. The first-order valence-electron chi connectivity index (χ1n) is 49.5. The van der Waals surface area contributed by atoms with Gasteiger partial charge in [0, 0.05) is 88.7 Å². The number of rotatable bonds is 15. The number of nitrogens with zero attached hydrogens (tertiary/aromatic N) is 12. The lowest BCUT2D eigenvalue weighted by Gasteiger charge is -2.42. The van der Waals surface area contributed by atoms with E-state index in [0.717, 1.165) is 178 Å². The molecule has 0 atom stereocenters. The van der Waals surface area contributed by atoms with Crippen LogP contribution in [0.5, 0.6) is 34.5 Å². The number of para-hydroxylation sites is 4. The topological polar surface area (TPSA) is 196 Å². The van der Waals surface area contributed by atoms with E-state index < -0.39 is 16.2 Å². The molecule has 0 unspecified atom stereocenters. The van der Waals surface area contributed by atoms with Crippen LogP contribution in [0.2, 0.25) is 0 Å². The molecule has 3 aliphatic rings. The summed E-state index contributed by atoms with van der Waals surface area (Å²) in [6.45, 7) is 7.73. The Morgan fingerprint density at radius 2 is 0.467 bits per heavy atom. The van der Waals surface area contributed by atoms with Crippen molar-refractivity contribution in [2.24, 2.45) is 0 Å². The molecule has 0 bridgehead atoms. The van der Waals surface area contributed by atoms with Crippen LogP contribution >= 0.6 is 0 Å². The van der Waals surface area contributed by atoms with E-state index in [-0.39, 0.29) is 0 Å². The van der Waals surface area contributed by atoms with E-state index in [2.05, 4.69) is 272 Å². The SMILES string of the molecule is N#Cc1ccc(-c2nc(-c3ccccc3)nc(-c3ccc4c(c3)C(c3ccccc3)(c3ccccc3)c3ccccc3O4)n2)c2ccccc12.N#Cc1ccc(-c2nc(-c3ccccc3)nc(-c3cccc4c3Oc3ccccc3C4(c3ccccc3)c3ccccc3)n2)c2ccccc12.[C-]#[N+]c1ccc(-c2nc(-c3ccccc3)nc(-c3ccc4c(c3)Oc3ccccc3C4(c3ccccc3)c3ccccc3)n2)c2ccccc12. The molecule has 0 saturated carbocycles. The van der Waals surface area contributed by atoms with Crippen LogP contribution in [-0.2, 0) is 16.2 Å². The summed E-state index contributed by atoms with van der Waals surface area (Å²) >= 11 is 0. The van der Waals surface area contributed by atoms with Gasteiger partial charge in [-0.05, 0) is 128 Å². The largest absolute Gasteiger partial charge is 0.457 e. The highest BCUT2D eigenvalue weighted by atomic mass is 16.5. The molecule has 702 valence electrons. The maximum Gasteiger partial charge on any atom is 0.194 e. The molecule has 0 N–H and O–H groups in total. The third-order valence-electron chi connectivity index (χ3n) is 28.5. The van der Waals surface area contributed by atoms with Crippen LogP contribution in [-0.4, -0.2) is 44.9 Å². The van der Waals surface area contributed by atoms with Gasteiger partial charge in [0.25, 0.3) is 0 Å². The first kappa shape index (κ1) is 90.6. The van der Waals surface area contributed by atoms with Gasteiger partial charge in [-0.25, -0.2) is 49.7 Å². The molecule has 0 saturated heterocycles. The summed E-state index contributed by atoms with van der Waals surface area (Å²) in [4.78, 5) is 49.5. The molecule has 21 aromatic carbocycles. The minimum Gasteiger partial charge on any atom is -0.457 e. The zero-order valence-corrected chi connectivity index (χ0v) is 80.6. The van der Waals surface area contributed by atoms with Gasteiger partial charge >= 0.3 is 0 Å². The summed E-state index contributed by atoms with van der Waals surface area (Å²) in [7, 11) is 0. The van der Waals surface area contributed by atoms with Crippen LogP contribution in [0.3, 0.4) is 0 Å². The molecule has 24 aromatic rings. The van der Waals surface area contributed by atoms with E-state index in [9.17, 15) is 10.5 Å². The normalized spacial score (nSPS) is 12.7. The highest BCUT2D eigenvalue weighted by Gasteiger charge is 2.50. The molecule has 3 aromatic heterocycles. The average Bonchev–Trinajstić information content (AvgIpc) is 0.716. The third-order valence-corrected chi connectivity index (χ3v) is 28.5. The molecule has 6 heterocycles. The molecule has 0 radical (unpaired) electrons. The average molecular weight is 1920 g/mol. The fourth-order valence-electron chi connectivity index (χ4n) is 21.9. The van der Waals surface area contributed by atoms with Crippen LogP contribution < -0.4 is 14.2 Å². The zero-order valence-electron chi connectivity index (χ0n) is 80.6. The number of benzene rings is 21. The van der Waals surface area contributed by atoms with Crippen molar-refractivity contribution in [3.05, 3.63) is 599 Å². The van der Waals surface area contributed by atoms with Crippen LogP contribution in [0.1, 0.15) is 77.9 Å². The van der Waals surface area contributed by atoms with Gasteiger partial charge < -0.3 is 14.2 Å². The fraction of sp³-hybridized carbons (Fsp3) is 0.0222. The Kier molecular flexibility index (Phi) is 23.5. The van der Waals surface area contributed by atoms with Crippen molar-refractivity contribution in [3.8, 4) is 149 Å². The standard InChI is InChI=1S/3C45H28N4O/c1-46-39-28-26-36(34-21-11-12-22-35(34)39)44-48-42(30-15-5-2-6-16-30)47-43(49-44)31-25-27-38-41(29-31)50-40-24-14-13-23-37(40)45(38,32-17-7-3-8-18-32)33-19-9-4-10-20-33;46-29-31-27-28-36(35-22-11-10-21-34(31)35)43-47-42(30-15-4-1-5-16-30)48-44(49-43)37-23-14-25-39-41(37)50-40-26-13-12-24-38(40)45(39,32-17-6-2-7-18-32)33-19-8-3-9-20-33;46-29-32-24-26-37(36-21-11-10-20-35(32)36)44-48-42(30-14-4-1-5-15-30)47-43(49-44)31-25-27-41-39(28-31)45(33-16-6-2-7-17-33,34-18-8-3-9-19-34)38-22-12-13-23-40(38)50-41/h2-29H;2*1-28H. The van der Waals surface area contributed by atoms with Gasteiger partial charge in [0.2, 0.25) is 0 Å². The van der Waals surface area contributed by atoms with E-state index in [1.54, 1.807) is 0 Å². The molecule has 27 rings (SSSR count). The Morgan fingerprint density at radius 1 is 0.193 bits per heavy atom. The van der Waals surface area contributed by atoms with Gasteiger partial charge in [-0.2, -0.15) is 10.5 Å². The number of nitriles is 2. The molecule has 0 fully saturated rings. The maximum atomic E-state index is 9.87. The van der Waals surface area contributed by atoms with Crippen LogP contribution in [0.4, 0.5) is 5.69 Å². The molecule has 3 aliphatic heterocycles. The fourth-order valence-corrected chi connectivity index (χ4v) is 21.9. The summed E-state index contributed by atoms with van der Waals surface area (Å²) < 4.78 is 20.3. The van der Waals surface area contributed by atoms with E-state index in [0.29, 0.717) is 75.0 Å². The van der Waals surface area contributed by atoms with Crippen LogP contribution in [0.25, 0.3) is 140 Å². The second kappa shape index (κ2) is 38.9. The minimum absolute atomic E-state index is 0.494. The van der Waals surface area contributed by atoms with Gasteiger partial charge in [-0.15, -0.1) is 0 Å². The Balaban J connectivity index is 0.000000116. The number of hydrogen-bond donors (Lipinski definition) is 0. The highest BCUT2D eigenvalue weighted by molar-refractivity contribution is 6.04. The van der Waals surface area contributed by atoms with Crippen molar-refractivity contribution >= 4 is 38.0 Å². The van der Waals surface area contributed by atoms with Crippen molar-refractivity contribution in [3.63, 3.8) is 0 Å². The Morgan fingerprint density at radius 3 is 0.867 bits per heavy atom. The van der Waals surface area contributed by atoms with Crippen LogP contribution in [0, 0.1) is 29.2 Å². The molecule has 0 spiro atoms. The lowest BCUT2D eigenvalue weighted by molar-refractivity contribution is 0.434. The van der Waals surface area contributed by atoms with E-state index in [4.69, 9.17) is 65.6 Å². The number of ether oxygens (including phenoxy) is 3. The molecular weight excluding hydrogens is 1840 g/mol. The second-order valence-electron chi connectivity index (χ2n) is 36.8. The minimum atomic E-state index is -0.676. The summed E-state index contributed by atoms with van der Waals surface area (Å²) in [6, 6.07) is 177. The van der Waals surface area contributed by atoms with Gasteiger partial charge in [-0.1, -0.05) is 437 Å². The summed E-state index contributed by atoms with van der Waals surface area (Å²) in [5.41, 5.74) is 20.4. The quantitative estimate of drug-likeness (QED) is 0.0879. The van der Waals surface area contributed by atoms with Crippen LogP contribution in [0.15, 0.2) is 510 Å². The summed E-state index contributed by atoms with van der Waals surface area (Å²) in [6.07, 6.45) is 0. The van der Waals surface area contributed by atoms with Gasteiger partial charge in [0.05, 0.1) is 51.6 Å². The molecular formula is C135H84N12O3. The third kappa shape index (κ3) is 15.8. The smallest absolute Gasteiger partial charge is 0.194 e. The molecule has 0 amide bonds. The lowest BCUT2D eigenvalue weighted by atomic mass is 9.63. The molecule has 0 aliphatic carbocycles. The van der Waals surface area contributed by atoms with E-state index >= 15 is 0 Å². The van der Waals surface area contributed by atoms with Gasteiger partial charge in [-0.3, -0.25) is 0 Å². The first-order valence-corrected chi connectivity index (χ1v) is 49.5. The van der Waals surface area contributed by atoms with Crippen molar-refractivity contribution in [1.82, 2.24) is 44.9 Å². The van der Waals surface area contributed by atoms with Crippen molar-refractivity contribution in [1.29, 1.82) is 10.5 Å². The maximum absolute atomic E-state index is 9.87. The summed E-state index contributed by atoms with van der Waals surface area (Å²) in [5, 5.41) is 25.0. The van der Waals surface area contributed by atoms with Crippen molar-refractivity contribution in [2.45, 2.75) is 16.2 Å². The molecule has 15 heteroatoms. The Hall–Kier alpha value is -20.7. The molecule has 150 heavy (non-hydrogen) atoms. The van der Waals surface area contributed by atoms with Gasteiger partial charge in [0.1, 0.15) is 34.5 Å². The Bertz CT molecular complexity index is 9250. The van der Waals surface area contributed by atoms with E-state index in [1.165, 1.54) is 0 Å². The Labute approximate surface area is 866 Å². The highest BCUT2D eigenvalue weighted by Crippen LogP contribution is 2.61. The first-order chi connectivity index (χ1) is 74.2. The number of fused-ring (bicyclic) bond motifs is 9. The van der Waals surface area contributed by atoms with Gasteiger partial charge in [0.15, 0.2) is 58.1 Å². The monoisotopic (exact) mass is 1920 g/mol. The predicted molar refractivity (Wildman–Crippen MR) is 592 cm³/mol. The van der Waals surface area contributed by atoms with Crippen molar-refractivity contribution < 1.29 is 14.2 Å². The summed E-state index contributed by atoms with van der Waals surface area (Å²) in [5.74, 6) is 9.43. The molecule has 15 nitrogen and oxygen atoms in total. The van der Waals surface area contributed by atoms with Crippen molar-refractivity contribution in [2.75, 3.05) is 0 Å². The zero-order chi connectivity index (χ0) is 100. The lowest BCUT2D eigenvalue weighted by Crippen LogP contribution is -2.34.